The molecule has 2 aromatic rings. The zero-order valence-corrected chi connectivity index (χ0v) is 13.7. The Morgan fingerprint density at radius 1 is 1.13 bits per heavy atom. The van der Waals surface area contributed by atoms with E-state index in [1.807, 2.05) is 13.0 Å². The Morgan fingerprint density at radius 3 is 2.57 bits per heavy atom. The minimum absolute atomic E-state index is 0.238. The third kappa shape index (κ3) is 3.62. The van der Waals surface area contributed by atoms with Crippen molar-refractivity contribution in [3.05, 3.63) is 60.2 Å². The van der Waals surface area contributed by atoms with E-state index >= 15 is 0 Å². The van der Waals surface area contributed by atoms with E-state index in [0.717, 1.165) is 19.5 Å². The molecule has 1 aliphatic heterocycles. The van der Waals surface area contributed by atoms with Crippen LogP contribution in [0.5, 0.6) is 0 Å². The van der Waals surface area contributed by atoms with E-state index in [1.165, 1.54) is 16.7 Å². The molecule has 1 N–H and O–H groups in total. The highest BCUT2D eigenvalue weighted by atomic mass is 16.2. The number of hydrogen-bond acceptors (Lipinski definition) is 2. The van der Waals surface area contributed by atoms with E-state index < -0.39 is 0 Å². The molecule has 0 spiro atoms. The molecule has 0 saturated carbocycles. The fourth-order valence-electron chi connectivity index (χ4n) is 3.27. The first-order valence-electron chi connectivity index (χ1n) is 8.43. The standard InChI is InChI=1S/C20H24N2O/c1-2-20(23)22(18-12-13-21-14-18)15-17-10-6-7-11-19(17)16-8-4-3-5-9-16/h3-11,18,21H,2,12-15H2,1H3/t18-/m0/s1. The van der Waals surface area contributed by atoms with Crippen LogP contribution in [0.15, 0.2) is 54.6 Å². The molecule has 1 heterocycles. The third-order valence-electron chi connectivity index (χ3n) is 4.54. The Hall–Kier alpha value is -2.13. The zero-order valence-electron chi connectivity index (χ0n) is 13.7. The number of benzene rings is 2. The van der Waals surface area contributed by atoms with Crippen LogP contribution < -0.4 is 5.32 Å². The number of nitrogens with zero attached hydrogens (tertiary/aromatic N) is 1. The van der Waals surface area contributed by atoms with Gasteiger partial charge in [0.05, 0.1) is 0 Å². The first-order chi connectivity index (χ1) is 11.3. The van der Waals surface area contributed by atoms with Crippen LogP contribution in [0.4, 0.5) is 0 Å². The molecular weight excluding hydrogens is 284 g/mol. The summed E-state index contributed by atoms with van der Waals surface area (Å²) in [6.45, 7) is 4.53. The second-order valence-corrected chi connectivity index (χ2v) is 6.04. The molecule has 1 aliphatic rings. The monoisotopic (exact) mass is 308 g/mol. The molecule has 23 heavy (non-hydrogen) atoms. The Kier molecular flexibility index (Phi) is 5.09. The number of nitrogens with one attached hydrogen (secondary N) is 1. The van der Waals surface area contributed by atoms with Gasteiger partial charge >= 0.3 is 0 Å². The van der Waals surface area contributed by atoms with Crippen LogP contribution in [0, 0.1) is 0 Å². The largest absolute Gasteiger partial charge is 0.334 e. The lowest BCUT2D eigenvalue weighted by atomic mass is 9.99. The summed E-state index contributed by atoms with van der Waals surface area (Å²) in [5.41, 5.74) is 3.64. The Bertz CT molecular complexity index is 648. The summed E-state index contributed by atoms with van der Waals surface area (Å²) in [6.07, 6.45) is 1.60. The van der Waals surface area contributed by atoms with Gasteiger partial charge in [-0.15, -0.1) is 0 Å². The molecule has 0 bridgehead atoms. The first-order valence-corrected chi connectivity index (χ1v) is 8.43. The maximum atomic E-state index is 12.4. The molecule has 3 rings (SSSR count). The fourth-order valence-corrected chi connectivity index (χ4v) is 3.27. The second kappa shape index (κ2) is 7.42. The van der Waals surface area contributed by atoms with Crippen molar-refractivity contribution in [2.75, 3.05) is 13.1 Å². The van der Waals surface area contributed by atoms with Gasteiger partial charge in [0, 0.05) is 25.6 Å². The Balaban J connectivity index is 1.90. The molecular formula is C20H24N2O. The number of amides is 1. The van der Waals surface area contributed by atoms with E-state index in [0.29, 0.717) is 19.0 Å². The smallest absolute Gasteiger partial charge is 0.222 e. The predicted octanol–water partition coefficient (Wildman–Crippen LogP) is 3.45. The summed E-state index contributed by atoms with van der Waals surface area (Å²) in [6, 6.07) is 19.1. The summed E-state index contributed by atoms with van der Waals surface area (Å²) < 4.78 is 0. The number of hydrogen-bond donors (Lipinski definition) is 1. The quantitative estimate of drug-likeness (QED) is 0.917. The minimum Gasteiger partial charge on any atom is -0.334 e. The lowest BCUT2D eigenvalue weighted by Gasteiger charge is -2.29. The fraction of sp³-hybridized carbons (Fsp3) is 0.350. The van der Waals surface area contributed by atoms with Gasteiger partial charge in [-0.1, -0.05) is 61.5 Å². The third-order valence-corrected chi connectivity index (χ3v) is 4.54. The highest BCUT2D eigenvalue weighted by Crippen LogP contribution is 2.26. The van der Waals surface area contributed by atoms with Crippen molar-refractivity contribution in [1.82, 2.24) is 10.2 Å². The summed E-state index contributed by atoms with van der Waals surface area (Å²) in [5, 5.41) is 3.37. The van der Waals surface area contributed by atoms with Crippen molar-refractivity contribution in [3.8, 4) is 11.1 Å². The maximum absolute atomic E-state index is 12.4. The van der Waals surface area contributed by atoms with Crippen LogP contribution in [0.1, 0.15) is 25.3 Å². The molecule has 1 fully saturated rings. The summed E-state index contributed by atoms with van der Waals surface area (Å²) in [5.74, 6) is 0.238. The molecule has 1 saturated heterocycles. The molecule has 2 aromatic carbocycles. The molecule has 120 valence electrons. The number of carbonyl (C=O) groups excluding carboxylic acids is 1. The molecule has 3 heteroatoms. The van der Waals surface area contributed by atoms with Gasteiger partial charge in [0.25, 0.3) is 0 Å². The van der Waals surface area contributed by atoms with E-state index in [2.05, 4.69) is 58.7 Å². The van der Waals surface area contributed by atoms with E-state index in [9.17, 15) is 4.79 Å². The topological polar surface area (TPSA) is 32.3 Å². The molecule has 3 nitrogen and oxygen atoms in total. The van der Waals surface area contributed by atoms with Gasteiger partial charge < -0.3 is 10.2 Å². The van der Waals surface area contributed by atoms with Crippen molar-refractivity contribution in [1.29, 1.82) is 0 Å². The summed E-state index contributed by atoms with van der Waals surface area (Å²) in [7, 11) is 0. The van der Waals surface area contributed by atoms with Crippen LogP contribution in [0.3, 0.4) is 0 Å². The van der Waals surface area contributed by atoms with Gasteiger partial charge in [-0.25, -0.2) is 0 Å². The van der Waals surface area contributed by atoms with Crippen LogP contribution in [0.2, 0.25) is 0 Å². The van der Waals surface area contributed by atoms with E-state index in [1.54, 1.807) is 0 Å². The summed E-state index contributed by atoms with van der Waals surface area (Å²) >= 11 is 0. The molecule has 1 atom stereocenters. The lowest BCUT2D eigenvalue weighted by Crippen LogP contribution is -2.40. The van der Waals surface area contributed by atoms with Crippen molar-refractivity contribution in [2.24, 2.45) is 0 Å². The molecule has 0 aromatic heterocycles. The van der Waals surface area contributed by atoms with Gasteiger partial charge in [-0.2, -0.15) is 0 Å². The van der Waals surface area contributed by atoms with Crippen molar-refractivity contribution in [3.63, 3.8) is 0 Å². The Morgan fingerprint density at radius 2 is 1.87 bits per heavy atom. The summed E-state index contributed by atoms with van der Waals surface area (Å²) in [4.78, 5) is 14.5. The van der Waals surface area contributed by atoms with Crippen LogP contribution in [-0.4, -0.2) is 29.9 Å². The number of rotatable bonds is 5. The molecule has 0 unspecified atom stereocenters. The van der Waals surface area contributed by atoms with Gasteiger partial charge in [0.15, 0.2) is 0 Å². The van der Waals surface area contributed by atoms with Crippen LogP contribution in [-0.2, 0) is 11.3 Å². The minimum atomic E-state index is 0.238. The van der Waals surface area contributed by atoms with Gasteiger partial charge in [-0.3, -0.25) is 4.79 Å². The highest BCUT2D eigenvalue weighted by Gasteiger charge is 2.26. The number of carbonyl (C=O) groups is 1. The van der Waals surface area contributed by atoms with E-state index in [4.69, 9.17) is 0 Å². The van der Waals surface area contributed by atoms with Gasteiger partial charge in [0.1, 0.15) is 0 Å². The molecule has 0 radical (unpaired) electrons. The van der Waals surface area contributed by atoms with Gasteiger partial charge in [-0.05, 0) is 29.7 Å². The molecule has 1 amide bonds. The molecule has 0 aliphatic carbocycles. The van der Waals surface area contributed by atoms with E-state index in [-0.39, 0.29) is 5.91 Å². The average molecular weight is 308 g/mol. The Labute approximate surface area is 138 Å². The normalized spacial score (nSPS) is 17.2. The predicted molar refractivity (Wildman–Crippen MR) is 94.0 cm³/mol. The lowest BCUT2D eigenvalue weighted by molar-refractivity contribution is -0.133. The van der Waals surface area contributed by atoms with Crippen molar-refractivity contribution >= 4 is 5.91 Å². The van der Waals surface area contributed by atoms with Crippen molar-refractivity contribution < 1.29 is 4.79 Å². The van der Waals surface area contributed by atoms with Crippen LogP contribution in [0.25, 0.3) is 11.1 Å². The SMILES string of the molecule is CCC(=O)N(Cc1ccccc1-c1ccccc1)[C@H]1CCNC1. The highest BCUT2D eigenvalue weighted by molar-refractivity contribution is 5.77. The average Bonchev–Trinajstić information content (AvgIpc) is 3.14. The van der Waals surface area contributed by atoms with Gasteiger partial charge in [0.2, 0.25) is 5.91 Å². The zero-order chi connectivity index (χ0) is 16.1. The van der Waals surface area contributed by atoms with Crippen molar-refractivity contribution in [2.45, 2.75) is 32.4 Å². The second-order valence-electron chi connectivity index (χ2n) is 6.04. The first kappa shape index (κ1) is 15.8. The maximum Gasteiger partial charge on any atom is 0.222 e. The van der Waals surface area contributed by atoms with Crippen LogP contribution >= 0.6 is 0 Å².